The molecule has 2 fully saturated rings. The fraction of sp³-hybridized carbons (Fsp3) is 1.00. The summed E-state index contributed by atoms with van der Waals surface area (Å²) in [5.41, 5.74) is 0. The molecule has 2 unspecified atom stereocenters. The lowest BCUT2D eigenvalue weighted by Crippen LogP contribution is -2.32. The molecular weight excluding hydrogens is 196 g/mol. The van der Waals surface area contributed by atoms with Crippen LogP contribution >= 0.6 is 0 Å². The summed E-state index contributed by atoms with van der Waals surface area (Å²) in [6.45, 7) is 7.33. The fourth-order valence-corrected chi connectivity index (χ4v) is 2.94. The van der Waals surface area contributed by atoms with Crippen molar-refractivity contribution in [2.75, 3.05) is 33.2 Å². The minimum atomic E-state index is 0.980. The van der Waals surface area contributed by atoms with Gasteiger partial charge in [0.2, 0.25) is 0 Å². The van der Waals surface area contributed by atoms with E-state index in [2.05, 4.69) is 24.2 Å². The maximum absolute atomic E-state index is 3.62. The van der Waals surface area contributed by atoms with Gasteiger partial charge in [-0.1, -0.05) is 19.8 Å². The number of nitrogens with zero attached hydrogens (tertiary/aromatic N) is 1. The molecule has 0 bridgehead atoms. The van der Waals surface area contributed by atoms with Gasteiger partial charge < -0.3 is 10.2 Å². The molecule has 0 saturated heterocycles. The van der Waals surface area contributed by atoms with E-state index < -0.39 is 0 Å². The second kappa shape index (κ2) is 6.02. The number of likely N-dealkylation sites (N-methyl/N-ethyl adjacent to an activating group) is 1. The molecule has 0 heterocycles. The average Bonchev–Trinajstić information content (AvgIpc) is 2.78. The summed E-state index contributed by atoms with van der Waals surface area (Å²) >= 11 is 0. The van der Waals surface area contributed by atoms with Crippen molar-refractivity contribution in [1.29, 1.82) is 0 Å². The highest BCUT2D eigenvalue weighted by molar-refractivity contribution is 4.84. The van der Waals surface area contributed by atoms with Crippen LogP contribution < -0.4 is 5.32 Å². The summed E-state index contributed by atoms with van der Waals surface area (Å²) in [4.78, 5) is 2.50. The fourth-order valence-electron chi connectivity index (χ4n) is 2.94. The highest BCUT2D eigenvalue weighted by Gasteiger charge is 2.32. The lowest BCUT2D eigenvalue weighted by Gasteiger charge is -2.17. The Hall–Kier alpha value is -0.0800. The molecule has 1 N–H and O–H groups in total. The Balaban J connectivity index is 1.44. The van der Waals surface area contributed by atoms with Gasteiger partial charge in [-0.05, 0) is 50.6 Å². The Kier molecular flexibility index (Phi) is 4.66. The summed E-state index contributed by atoms with van der Waals surface area (Å²) in [6, 6.07) is 0. The maximum atomic E-state index is 3.62. The molecule has 2 aliphatic rings. The van der Waals surface area contributed by atoms with Crippen LogP contribution in [0.15, 0.2) is 0 Å². The third kappa shape index (κ3) is 4.06. The lowest BCUT2D eigenvalue weighted by atomic mass is 10.1. The Morgan fingerprint density at radius 3 is 2.56 bits per heavy atom. The van der Waals surface area contributed by atoms with E-state index in [0.717, 1.165) is 17.8 Å². The molecule has 2 rings (SSSR count). The van der Waals surface area contributed by atoms with Crippen molar-refractivity contribution < 1.29 is 0 Å². The molecule has 2 atom stereocenters. The summed E-state index contributed by atoms with van der Waals surface area (Å²) in [7, 11) is 2.27. The first-order chi connectivity index (χ1) is 7.75. The largest absolute Gasteiger partial charge is 0.315 e. The van der Waals surface area contributed by atoms with Crippen molar-refractivity contribution in [2.45, 2.75) is 39.0 Å². The Bertz CT molecular complexity index is 199. The van der Waals surface area contributed by atoms with Crippen LogP contribution in [-0.4, -0.2) is 38.1 Å². The normalized spacial score (nSPS) is 30.2. The van der Waals surface area contributed by atoms with Gasteiger partial charge in [-0.3, -0.25) is 0 Å². The van der Waals surface area contributed by atoms with Crippen molar-refractivity contribution in [3.63, 3.8) is 0 Å². The first kappa shape index (κ1) is 12.4. The van der Waals surface area contributed by atoms with Gasteiger partial charge >= 0.3 is 0 Å². The monoisotopic (exact) mass is 224 g/mol. The predicted molar refractivity (Wildman–Crippen MR) is 69.6 cm³/mol. The summed E-state index contributed by atoms with van der Waals surface area (Å²) in [5.74, 6) is 2.97. The molecule has 0 aromatic heterocycles. The molecule has 0 aromatic carbocycles. The third-order valence-electron chi connectivity index (χ3n) is 4.40. The third-order valence-corrected chi connectivity index (χ3v) is 4.40. The van der Waals surface area contributed by atoms with E-state index in [1.54, 1.807) is 0 Å². The number of hydrogen-bond donors (Lipinski definition) is 1. The predicted octanol–water partition coefficient (Wildman–Crippen LogP) is 2.35. The molecule has 94 valence electrons. The summed E-state index contributed by atoms with van der Waals surface area (Å²) in [6.07, 6.45) is 7.31. The zero-order chi connectivity index (χ0) is 11.4. The Morgan fingerprint density at radius 1 is 1.25 bits per heavy atom. The van der Waals surface area contributed by atoms with E-state index >= 15 is 0 Å². The maximum Gasteiger partial charge on any atom is 0.0104 e. The van der Waals surface area contributed by atoms with Crippen LogP contribution in [0.4, 0.5) is 0 Å². The quantitative estimate of drug-likeness (QED) is 0.668. The van der Waals surface area contributed by atoms with Crippen LogP contribution in [0.3, 0.4) is 0 Å². The van der Waals surface area contributed by atoms with Gasteiger partial charge in [0.15, 0.2) is 0 Å². The van der Waals surface area contributed by atoms with E-state index in [0.29, 0.717) is 0 Å². The molecular formula is C14H28N2. The molecule has 2 heteroatoms. The topological polar surface area (TPSA) is 15.3 Å². The van der Waals surface area contributed by atoms with Gasteiger partial charge in [0.05, 0.1) is 0 Å². The number of rotatable bonds is 7. The van der Waals surface area contributed by atoms with E-state index in [1.165, 1.54) is 58.3 Å². The van der Waals surface area contributed by atoms with E-state index in [4.69, 9.17) is 0 Å². The lowest BCUT2D eigenvalue weighted by molar-refractivity contribution is 0.309. The van der Waals surface area contributed by atoms with Crippen molar-refractivity contribution >= 4 is 0 Å². The molecule has 2 saturated carbocycles. The first-order valence-corrected chi connectivity index (χ1v) is 7.15. The molecule has 0 aromatic rings. The van der Waals surface area contributed by atoms with Crippen LogP contribution in [0.1, 0.15) is 39.0 Å². The van der Waals surface area contributed by atoms with Crippen molar-refractivity contribution in [2.24, 2.45) is 17.8 Å². The molecule has 2 nitrogen and oxygen atoms in total. The molecule has 0 radical (unpaired) electrons. The average molecular weight is 224 g/mol. The van der Waals surface area contributed by atoms with Crippen LogP contribution in [-0.2, 0) is 0 Å². The van der Waals surface area contributed by atoms with E-state index in [9.17, 15) is 0 Å². The number of nitrogens with one attached hydrogen (secondary N) is 1. The second-order valence-electron chi connectivity index (χ2n) is 6.09. The zero-order valence-electron chi connectivity index (χ0n) is 11.0. The van der Waals surface area contributed by atoms with Crippen molar-refractivity contribution in [3.05, 3.63) is 0 Å². The van der Waals surface area contributed by atoms with Crippen molar-refractivity contribution in [3.8, 4) is 0 Å². The van der Waals surface area contributed by atoms with E-state index in [1.807, 2.05) is 0 Å². The van der Waals surface area contributed by atoms with Gasteiger partial charge in [0.25, 0.3) is 0 Å². The molecule has 2 aliphatic carbocycles. The van der Waals surface area contributed by atoms with Gasteiger partial charge in [-0.25, -0.2) is 0 Å². The highest BCUT2D eigenvalue weighted by Crippen LogP contribution is 2.37. The minimum absolute atomic E-state index is 0.980. The van der Waals surface area contributed by atoms with Crippen LogP contribution in [0.2, 0.25) is 0 Å². The highest BCUT2D eigenvalue weighted by atomic mass is 15.1. The summed E-state index contributed by atoms with van der Waals surface area (Å²) in [5, 5.41) is 3.62. The molecule has 0 amide bonds. The van der Waals surface area contributed by atoms with Crippen LogP contribution in [0.25, 0.3) is 0 Å². The molecule has 0 spiro atoms. The Morgan fingerprint density at radius 2 is 1.94 bits per heavy atom. The SMILES string of the molecule is CC1CC1CN(C)CCNCC1CCCC1. The number of hydrogen-bond acceptors (Lipinski definition) is 2. The van der Waals surface area contributed by atoms with Crippen LogP contribution in [0.5, 0.6) is 0 Å². The zero-order valence-corrected chi connectivity index (χ0v) is 11.0. The Labute approximate surface area is 101 Å². The molecule has 16 heavy (non-hydrogen) atoms. The van der Waals surface area contributed by atoms with Gasteiger partial charge in [-0.2, -0.15) is 0 Å². The molecule has 0 aliphatic heterocycles. The van der Waals surface area contributed by atoms with E-state index in [-0.39, 0.29) is 0 Å². The van der Waals surface area contributed by atoms with Gasteiger partial charge in [0, 0.05) is 19.6 Å². The summed E-state index contributed by atoms with van der Waals surface area (Å²) < 4.78 is 0. The minimum Gasteiger partial charge on any atom is -0.315 e. The first-order valence-electron chi connectivity index (χ1n) is 7.15. The van der Waals surface area contributed by atoms with Crippen LogP contribution in [0, 0.1) is 17.8 Å². The van der Waals surface area contributed by atoms with Crippen molar-refractivity contribution in [1.82, 2.24) is 10.2 Å². The smallest absolute Gasteiger partial charge is 0.0104 e. The second-order valence-corrected chi connectivity index (χ2v) is 6.09. The van der Waals surface area contributed by atoms with Gasteiger partial charge in [-0.15, -0.1) is 0 Å². The standard InChI is InChI=1S/C14H28N2/c1-12-9-14(12)11-16(2)8-7-15-10-13-5-3-4-6-13/h12-15H,3-11H2,1-2H3. The van der Waals surface area contributed by atoms with Gasteiger partial charge in [0.1, 0.15) is 0 Å².